The second-order valence-corrected chi connectivity index (χ2v) is 4.51. The summed E-state index contributed by atoms with van der Waals surface area (Å²) in [6.45, 7) is 1.84. The molecule has 0 heterocycles. The maximum atomic E-state index is 13.1. The highest BCUT2D eigenvalue weighted by Crippen LogP contribution is 2.22. The molecule has 0 radical (unpaired) electrons. The van der Waals surface area contributed by atoms with E-state index < -0.39 is 11.6 Å². The van der Waals surface area contributed by atoms with Crippen LogP contribution in [0.5, 0.6) is 0 Å². The molecule has 0 aliphatic heterocycles. The molecular weight excluding hydrogens is 256 g/mol. The van der Waals surface area contributed by atoms with Crippen LogP contribution in [0.4, 0.5) is 14.5 Å². The van der Waals surface area contributed by atoms with Gasteiger partial charge in [-0.2, -0.15) is 0 Å². The first-order valence-electron chi connectivity index (χ1n) is 5.53. The highest BCUT2D eigenvalue weighted by atomic mass is 35.5. The Morgan fingerprint density at radius 1 is 1.00 bits per heavy atom. The van der Waals surface area contributed by atoms with Crippen molar-refractivity contribution in [1.82, 2.24) is 0 Å². The minimum absolute atomic E-state index is 0.198. The molecule has 1 nitrogen and oxygen atoms in total. The maximum absolute atomic E-state index is 13.1. The van der Waals surface area contributed by atoms with Crippen molar-refractivity contribution < 1.29 is 8.78 Å². The van der Waals surface area contributed by atoms with Gasteiger partial charge < -0.3 is 5.32 Å². The fourth-order valence-electron chi connectivity index (χ4n) is 1.70. The highest BCUT2D eigenvalue weighted by Gasteiger charge is 2.08. The molecule has 1 atom stereocenters. The van der Waals surface area contributed by atoms with Crippen LogP contribution in [-0.2, 0) is 0 Å². The lowest BCUT2D eigenvalue weighted by molar-refractivity contribution is 0.577. The number of benzene rings is 2. The zero-order chi connectivity index (χ0) is 13.1. The van der Waals surface area contributed by atoms with E-state index in [1.807, 2.05) is 19.1 Å². The van der Waals surface area contributed by atoms with E-state index in [9.17, 15) is 8.78 Å². The Morgan fingerprint density at radius 3 is 2.11 bits per heavy atom. The van der Waals surface area contributed by atoms with Gasteiger partial charge in [0.1, 0.15) is 11.6 Å². The third-order valence-corrected chi connectivity index (χ3v) is 2.86. The summed E-state index contributed by atoms with van der Waals surface area (Å²) in [5, 5.41) is 3.79. The van der Waals surface area contributed by atoms with E-state index in [4.69, 9.17) is 11.6 Å². The average molecular weight is 268 g/mol. The van der Waals surface area contributed by atoms with E-state index in [0.717, 1.165) is 11.8 Å². The van der Waals surface area contributed by atoms with Gasteiger partial charge in [0.05, 0.1) is 0 Å². The molecule has 0 saturated heterocycles. The average Bonchev–Trinajstić information content (AvgIpc) is 2.31. The number of hydrogen-bond donors (Lipinski definition) is 1. The molecule has 1 unspecified atom stereocenters. The zero-order valence-electron chi connectivity index (χ0n) is 9.75. The SMILES string of the molecule is CC(Nc1ccc(Cl)cc1)c1cc(F)cc(F)c1. The Bertz CT molecular complexity index is 520. The normalized spacial score (nSPS) is 12.2. The summed E-state index contributed by atoms with van der Waals surface area (Å²) in [5.41, 5.74) is 1.40. The van der Waals surface area contributed by atoms with Gasteiger partial charge in [-0.15, -0.1) is 0 Å². The van der Waals surface area contributed by atoms with Crippen LogP contribution in [0, 0.1) is 11.6 Å². The van der Waals surface area contributed by atoms with Crippen LogP contribution in [0.25, 0.3) is 0 Å². The quantitative estimate of drug-likeness (QED) is 0.843. The first-order chi connectivity index (χ1) is 8.54. The van der Waals surface area contributed by atoms with Crippen molar-refractivity contribution in [3.8, 4) is 0 Å². The van der Waals surface area contributed by atoms with E-state index >= 15 is 0 Å². The Hall–Kier alpha value is -1.61. The third-order valence-electron chi connectivity index (χ3n) is 2.61. The Morgan fingerprint density at radius 2 is 1.56 bits per heavy atom. The van der Waals surface area contributed by atoms with Gasteiger partial charge in [0, 0.05) is 22.8 Å². The molecule has 1 N–H and O–H groups in total. The lowest BCUT2D eigenvalue weighted by Gasteiger charge is -2.16. The summed E-state index contributed by atoms with van der Waals surface area (Å²) in [4.78, 5) is 0. The summed E-state index contributed by atoms with van der Waals surface area (Å²) < 4.78 is 26.2. The first-order valence-corrected chi connectivity index (χ1v) is 5.90. The third kappa shape index (κ3) is 3.20. The van der Waals surface area contributed by atoms with Gasteiger partial charge >= 0.3 is 0 Å². The lowest BCUT2D eigenvalue weighted by Crippen LogP contribution is -2.07. The fourth-order valence-corrected chi connectivity index (χ4v) is 1.83. The number of halogens is 3. The molecule has 2 aromatic carbocycles. The van der Waals surface area contributed by atoms with Gasteiger partial charge in [-0.1, -0.05) is 11.6 Å². The van der Waals surface area contributed by atoms with Crippen LogP contribution >= 0.6 is 11.6 Å². The largest absolute Gasteiger partial charge is 0.379 e. The molecule has 0 aliphatic rings. The van der Waals surface area contributed by atoms with Crippen molar-refractivity contribution in [2.24, 2.45) is 0 Å². The van der Waals surface area contributed by atoms with Crippen molar-refractivity contribution in [2.75, 3.05) is 5.32 Å². The topological polar surface area (TPSA) is 12.0 Å². The molecule has 94 valence electrons. The van der Waals surface area contributed by atoms with E-state index in [1.54, 1.807) is 12.1 Å². The molecule has 0 saturated carbocycles. The van der Waals surface area contributed by atoms with Gasteiger partial charge in [0.2, 0.25) is 0 Å². The molecule has 0 spiro atoms. The van der Waals surface area contributed by atoms with Crippen molar-refractivity contribution in [1.29, 1.82) is 0 Å². The standard InChI is InChI=1S/C14H12ClF2N/c1-9(10-6-12(16)8-13(17)7-10)18-14-4-2-11(15)3-5-14/h2-9,18H,1H3. The van der Waals surface area contributed by atoms with Gasteiger partial charge in [-0.3, -0.25) is 0 Å². The number of anilines is 1. The molecule has 0 aliphatic carbocycles. The van der Waals surface area contributed by atoms with E-state index in [1.165, 1.54) is 12.1 Å². The Balaban J connectivity index is 2.16. The van der Waals surface area contributed by atoms with Crippen molar-refractivity contribution in [3.05, 3.63) is 64.7 Å². The second kappa shape index (κ2) is 5.36. The minimum atomic E-state index is -0.574. The van der Waals surface area contributed by atoms with Crippen molar-refractivity contribution in [3.63, 3.8) is 0 Å². The summed E-state index contributed by atoms with van der Waals surface area (Å²) in [6.07, 6.45) is 0. The smallest absolute Gasteiger partial charge is 0.126 e. The van der Waals surface area contributed by atoms with E-state index in [-0.39, 0.29) is 6.04 Å². The number of nitrogens with one attached hydrogen (secondary N) is 1. The minimum Gasteiger partial charge on any atom is -0.379 e. The van der Waals surface area contributed by atoms with Crippen molar-refractivity contribution >= 4 is 17.3 Å². The monoisotopic (exact) mass is 267 g/mol. The van der Waals surface area contributed by atoms with Gasteiger partial charge in [-0.25, -0.2) is 8.78 Å². The number of rotatable bonds is 3. The molecule has 2 rings (SSSR count). The first kappa shape index (κ1) is 12.8. The summed E-state index contributed by atoms with van der Waals surface area (Å²) in [5.74, 6) is -1.15. The highest BCUT2D eigenvalue weighted by molar-refractivity contribution is 6.30. The molecule has 0 aromatic heterocycles. The van der Waals surface area contributed by atoms with Crippen molar-refractivity contribution in [2.45, 2.75) is 13.0 Å². The van der Waals surface area contributed by atoms with E-state index in [0.29, 0.717) is 10.6 Å². The van der Waals surface area contributed by atoms with Crippen LogP contribution < -0.4 is 5.32 Å². The van der Waals surface area contributed by atoms with Crippen LogP contribution in [0.1, 0.15) is 18.5 Å². The summed E-state index contributed by atoms with van der Waals surface area (Å²) >= 11 is 5.78. The van der Waals surface area contributed by atoms with Gasteiger partial charge in [-0.05, 0) is 48.9 Å². The lowest BCUT2D eigenvalue weighted by atomic mass is 10.1. The Labute approximate surface area is 109 Å². The molecule has 0 fully saturated rings. The van der Waals surface area contributed by atoms with Crippen LogP contribution in [0.15, 0.2) is 42.5 Å². The Kier molecular flexibility index (Phi) is 3.82. The zero-order valence-corrected chi connectivity index (χ0v) is 10.5. The predicted molar refractivity (Wildman–Crippen MR) is 69.8 cm³/mol. The van der Waals surface area contributed by atoms with Crippen LogP contribution in [0.3, 0.4) is 0 Å². The van der Waals surface area contributed by atoms with Gasteiger partial charge in [0.25, 0.3) is 0 Å². The molecule has 0 bridgehead atoms. The van der Waals surface area contributed by atoms with Crippen LogP contribution in [-0.4, -0.2) is 0 Å². The molecule has 18 heavy (non-hydrogen) atoms. The predicted octanol–water partition coefficient (Wildman–Crippen LogP) is 4.79. The van der Waals surface area contributed by atoms with Crippen LogP contribution in [0.2, 0.25) is 5.02 Å². The fraction of sp³-hybridized carbons (Fsp3) is 0.143. The summed E-state index contributed by atoms with van der Waals surface area (Å²) in [7, 11) is 0. The number of hydrogen-bond acceptors (Lipinski definition) is 1. The van der Waals surface area contributed by atoms with Gasteiger partial charge in [0.15, 0.2) is 0 Å². The molecule has 4 heteroatoms. The van der Waals surface area contributed by atoms with E-state index in [2.05, 4.69) is 5.32 Å². The summed E-state index contributed by atoms with van der Waals surface area (Å²) in [6, 6.07) is 10.4. The maximum Gasteiger partial charge on any atom is 0.126 e. The second-order valence-electron chi connectivity index (χ2n) is 4.08. The molecular formula is C14H12ClF2N. The molecule has 2 aromatic rings. The molecule has 0 amide bonds.